The summed E-state index contributed by atoms with van der Waals surface area (Å²) in [5, 5.41) is 4.60. The number of ether oxygens (including phenoxy) is 1. The van der Waals surface area contributed by atoms with Crippen molar-refractivity contribution in [2.75, 3.05) is 24.0 Å². The van der Waals surface area contributed by atoms with Gasteiger partial charge in [0.1, 0.15) is 17.5 Å². The molecule has 5 rings (SSSR count). The molecule has 1 unspecified atom stereocenters. The maximum Gasteiger partial charge on any atom is 0.283 e. The first-order chi connectivity index (χ1) is 16.9. The van der Waals surface area contributed by atoms with E-state index in [4.69, 9.17) is 4.74 Å². The van der Waals surface area contributed by atoms with Crippen LogP contribution in [0.3, 0.4) is 0 Å². The van der Waals surface area contributed by atoms with E-state index >= 15 is 0 Å². The van der Waals surface area contributed by atoms with Crippen LogP contribution in [0.25, 0.3) is 16.7 Å². The van der Waals surface area contributed by atoms with Crippen LogP contribution in [0.2, 0.25) is 0 Å². The number of hydrogen-bond donors (Lipinski definition) is 1. The molecule has 1 atom stereocenters. The Kier molecular flexibility index (Phi) is 5.56. The largest absolute Gasteiger partial charge is 0.495 e. The summed E-state index contributed by atoms with van der Waals surface area (Å²) in [6.45, 7) is 4.21. The number of nitrogens with zero attached hydrogens (tertiary/aromatic N) is 5. The Morgan fingerprint density at radius 3 is 2.69 bits per heavy atom. The van der Waals surface area contributed by atoms with Gasteiger partial charge in [-0.05, 0) is 49.2 Å². The SMILES string of the molecule is COc1ccccc1N1CC(C(=O)Nn2cnc3c(cnn3-c3ccc(C)c(C)c3)c2=O)CC1=O. The predicted octanol–water partition coefficient (Wildman–Crippen LogP) is 2.33. The van der Waals surface area contributed by atoms with Crippen LogP contribution >= 0.6 is 0 Å². The Balaban J connectivity index is 1.37. The zero-order valence-electron chi connectivity index (χ0n) is 19.6. The summed E-state index contributed by atoms with van der Waals surface area (Å²) >= 11 is 0. The van der Waals surface area contributed by atoms with Gasteiger partial charge in [-0.2, -0.15) is 5.10 Å². The number of fused-ring (bicyclic) bond motifs is 1. The van der Waals surface area contributed by atoms with Crippen molar-refractivity contribution in [2.24, 2.45) is 5.92 Å². The zero-order valence-corrected chi connectivity index (χ0v) is 19.6. The van der Waals surface area contributed by atoms with Gasteiger partial charge in [-0.15, -0.1) is 0 Å². The maximum absolute atomic E-state index is 13.0. The van der Waals surface area contributed by atoms with Gasteiger partial charge in [0, 0.05) is 13.0 Å². The minimum Gasteiger partial charge on any atom is -0.495 e. The number of anilines is 1. The number of rotatable bonds is 5. The lowest BCUT2D eigenvalue weighted by Gasteiger charge is -2.19. The summed E-state index contributed by atoms with van der Waals surface area (Å²) in [5.74, 6) is -0.715. The third kappa shape index (κ3) is 3.92. The van der Waals surface area contributed by atoms with E-state index in [0.717, 1.165) is 21.5 Å². The summed E-state index contributed by atoms with van der Waals surface area (Å²) < 4.78 is 7.97. The molecule has 2 amide bonds. The van der Waals surface area contributed by atoms with Crippen molar-refractivity contribution >= 4 is 28.5 Å². The van der Waals surface area contributed by atoms with Crippen molar-refractivity contribution < 1.29 is 14.3 Å². The van der Waals surface area contributed by atoms with E-state index in [1.807, 2.05) is 38.1 Å². The maximum atomic E-state index is 13.0. The monoisotopic (exact) mass is 472 g/mol. The molecule has 10 nitrogen and oxygen atoms in total. The van der Waals surface area contributed by atoms with Crippen molar-refractivity contribution in [1.29, 1.82) is 0 Å². The molecule has 0 bridgehead atoms. The van der Waals surface area contributed by atoms with Crippen molar-refractivity contribution in [1.82, 2.24) is 19.4 Å². The molecule has 1 N–H and O–H groups in total. The Labute approximate surface area is 200 Å². The molecule has 0 aliphatic carbocycles. The first kappa shape index (κ1) is 22.3. The molecule has 1 saturated heterocycles. The fourth-order valence-corrected chi connectivity index (χ4v) is 4.22. The highest BCUT2D eigenvalue weighted by molar-refractivity contribution is 6.02. The lowest BCUT2D eigenvalue weighted by Crippen LogP contribution is -2.37. The molecule has 178 valence electrons. The molecule has 35 heavy (non-hydrogen) atoms. The van der Waals surface area contributed by atoms with E-state index in [-0.39, 0.29) is 24.3 Å². The van der Waals surface area contributed by atoms with Gasteiger partial charge in [-0.25, -0.2) is 14.3 Å². The van der Waals surface area contributed by atoms with Crippen LogP contribution in [0, 0.1) is 19.8 Å². The molecule has 0 spiro atoms. The summed E-state index contributed by atoms with van der Waals surface area (Å²) in [4.78, 5) is 44.5. The lowest BCUT2D eigenvalue weighted by atomic mass is 10.1. The Hall–Kier alpha value is -4.47. The fraction of sp³-hybridized carbons (Fsp3) is 0.240. The van der Waals surface area contributed by atoms with E-state index in [9.17, 15) is 14.4 Å². The third-order valence-corrected chi connectivity index (χ3v) is 6.33. The second kappa shape index (κ2) is 8.71. The van der Waals surface area contributed by atoms with Crippen LogP contribution in [0.1, 0.15) is 17.5 Å². The number of benzene rings is 2. The second-order valence-corrected chi connectivity index (χ2v) is 8.54. The quantitative estimate of drug-likeness (QED) is 0.477. The number of aromatic nitrogens is 4. The van der Waals surface area contributed by atoms with Crippen LogP contribution in [0.15, 0.2) is 59.8 Å². The van der Waals surface area contributed by atoms with Crippen LogP contribution in [0.4, 0.5) is 5.69 Å². The van der Waals surface area contributed by atoms with E-state index in [1.165, 1.54) is 24.5 Å². The van der Waals surface area contributed by atoms with Crippen LogP contribution in [0.5, 0.6) is 5.75 Å². The normalized spacial score (nSPS) is 15.6. The number of para-hydroxylation sites is 2. The number of methoxy groups -OCH3 is 1. The van der Waals surface area contributed by atoms with Crippen molar-refractivity contribution in [2.45, 2.75) is 20.3 Å². The minimum absolute atomic E-state index is 0.0268. The first-order valence-electron chi connectivity index (χ1n) is 11.1. The molecular formula is C25H24N6O4. The van der Waals surface area contributed by atoms with Gasteiger partial charge in [0.2, 0.25) is 11.8 Å². The van der Waals surface area contributed by atoms with Gasteiger partial charge >= 0.3 is 0 Å². The van der Waals surface area contributed by atoms with E-state index < -0.39 is 17.4 Å². The smallest absolute Gasteiger partial charge is 0.283 e. The zero-order chi connectivity index (χ0) is 24.7. The van der Waals surface area contributed by atoms with E-state index in [0.29, 0.717) is 17.1 Å². The molecule has 2 aromatic carbocycles. The van der Waals surface area contributed by atoms with Crippen molar-refractivity contribution in [3.05, 3.63) is 76.5 Å². The second-order valence-electron chi connectivity index (χ2n) is 8.54. The van der Waals surface area contributed by atoms with Crippen LogP contribution < -0.4 is 20.6 Å². The summed E-state index contributed by atoms with van der Waals surface area (Å²) in [6, 6.07) is 13.0. The van der Waals surface area contributed by atoms with Gasteiger partial charge in [0.05, 0.1) is 30.6 Å². The minimum atomic E-state index is -0.631. The summed E-state index contributed by atoms with van der Waals surface area (Å²) in [7, 11) is 1.53. The third-order valence-electron chi connectivity index (χ3n) is 6.33. The van der Waals surface area contributed by atoms with E-state index in [1.54, 1.807) is 22.9 Å². The predicted molar refractivity (Wildman–Crippen MR) is 130 cm³/mol. The van der Waals surface area contributed by atoms with Gasteiger partial charge in [0.25, 0.3) is 5.56 Å². The summed E-state index contributed by atoms with van der Waals surface area (Å²) in [6.07, 6.45) is 2.72. The molecule has 0 saturated carbocycles. The fourth-order valence-electron chi connectivity index (χ4n) is 4.22. The molecule has 1 fully saturated rings. The molecule has 1 aliphatic heterocycles. The molecule has 3 heterocycles. The molecule has 4 aromatic rings. The van der Waals surface area contributed by atoms with Crippen LogP contribution in [-0.4, -0.2) is 44.9 Å². The average molecular weight is 473 g/mol. The van der Waals surface area contributed by atoms with Crippen molar-refractivity contribution in [3.8, 4) is 11.4 Å². The number of amides is 2. The average Bonchev–Trinajstić information content (AvgIpc) is 3.47. The van der Waals surface area contributed by atoms with Crippen LogP contribution in [-0.2, 0) is 9.59 Å². The topological polar surface area (TPSA) is 111 Å². The van der Waals surface area contributed by atoms with Gasteiger partial charge in [-0.3, -0.25) is 19.8 Å². The molecule has 1 aliphatic rings. The summed E-state index contributed by atoms with van der Waals surface area (Å²) in [5.41, 5.74) is 6.17. The highest BCUT2D eigenvalue weighted by atomic mass is 16.5. The Morgan fingerprint density at radius 2 is 1.91 bits per heavy atom. The van der Waals surface area contributed by atoms with E-state index in [2.05, 4.69) is 15.5 Å². The Morgan fingerprint density at radius 1 is 1.11 bits per heavy atom. The standard InChI is InChI=1S/C25H24N6O4/c1-15-8-9-18(10-16(15)2)31-23-19(12-27-31)25(34)30(14-26-23)28-24(33)17-11-22(32)29(13-17)20-6-4-5-7-21(20)35-3/h4-10,12,14,17H,11,13H2,1-3H3,(H,28,33). The molecule has 10 heteroatoms. The molecule has 2 aromatic heterocycles. The highest BCUT2D eigenvalue weighted by Gasteiger charge is 2.36. The van der Waals surface area contributed by atoms with Gasteiger partial charge in [0.15, 0.2) is 5.65 Å². The van der Waals surface area contributed by atoms with Gasteiger partial charge < -0.3 is 9.64 Å². The number of aryl methyl sites for hydroxylation is 2. The van der Waals surface area contributed by atoms with Gasteiger partial charge in [-0.1, -0.05) is 18.2 Å². The molecular weight excluding hydrogens is 448 g/mol. The first-order valence-corrected chi connectivity index (χ1v) is 11.1. The number of hydrogen-bond acceptors (Lipinski definition) is 6. The number of carbonyl (C=O) groups excluding carboxylic acids is 2. The number of carbonyl (C=O) groups is 2. The Bertz CT molecular complexity index is 1520. The van der Waals surface area contributed by atoms with Crippen molar-refractivity contribution in [3.63, 3.8) is 0 Å². The lowest BCUT2D eigenvalue weighted by molar-refractivity contribution is -0.123. The molecule has 0 radical (unpaired) electrons. The highest BCUT2D eigenvalue weighted by Crippen LogP contribution is 2.32. The number of nitrogens with one attached hydrogen (secondary N) is 1.